The third kappa shape index (κ3) is 25.9. The van der Waals surface area contributed by atoms with Crippen LogP contribution in [0, 0.1) is 5.82 Å². The Morgan fingerprint density at radius 3 is 2.17 bits per heavy atom. The summed E-state index contributed by atoms with van der Waals surface area (Å²) in [6.07, 6.45) is 4.86. The van der Waals surface area contributed by atoms with E-state index in [2.05, 4.69) is 43.3 Å². The predicted octanol–water partition coefficient (Wildman–Crippen LogP) is 4.51. The molecule has 24 heavy (non-hydrogen) atoms. The number of halogens is 1. The lowest BCUT2D eigenvalue weighted by Crippen LogP contribution is -2.35. The summed E-state index contributed by atoms with van der Waals surface area (Å²) < 4.78 is 12.7. The fourth-order valence-electron chi connectivity index (χ4n) is 1.06. The van der Waals surface area contributed by atoms with Crippen molar-refractivity contribution in [2.45, 2.75) is 65.3 Å². The van der Waals surface area contributed by atoms with Gasteiger partial charge in [-0.3, -0.25) is 4.98 Å². The first-order valence-corrected chi connectivity index (χ1v) is 9.32. The minimum absolute atomic E-state index is 0.0910. The number of hydrogen-bond donors (Lipinski definition) is 2. The molecule has 1 aromatic heterocycles. The molecule has 1 aromatic rings. The lowest BCUT2D eigenvalue weighted by Gasteiger charge is -2.19. The molecular weight excluding hydrogens is 325 g/mol. The maximum atomic E-state index is 12.7. The van der Waals surface area contributed by atoms with E-state index >= 15 is 0 Å². The third-order valence-corrected chi connectivity index (χ3v) is 2.87. The van der Waals surface area contributed by atoms with Crippen LogP contribution in [-0.4, -0.2) is 36.3 Å². The van der Waals surface area contributed by atoms with Crippen molar-refractivity contribution in [1.29, 1.82) is 0 Å². The van der Waals surface area contributed by atoms with E-state index in [4.69, 9.17) is 4.79 Å². The van der Waals surface area contributed by atoms with Gasteiger partial charge in [-0.25, -0.2) is 4.39 Å². The van der Waals surface area contributed by atoms with Crippen LogP contribution in [0.25, 0.3) is 0 Å². The SMILES string of the molecule is CC.CC(C)(C)NCSc1cncc(F)c1.CC=O.CCCNC. The molecule has 0 unspecified atom stereocenters. The summed E-state index contributed by atoms with van der Waals surface area (Å²) in [6.45, 7) is 15.0. The standard InChI is InChI=1S/C10H15FN2S.C4H11N.C2H4O.C2H6/c1-10(2,3)13-7-14-9-4-8(11)5-12-6-9;1-3-4-5-2;1-2-3;1-2/h4-6,13H,7H2,1-3H3;5H,3-4H2,1-2H3;2H,1H3;1-2H3. The van der Waals surface area contributed by atoms with Gasteiger partial charge in [-0.1, -0.05) is 20.8 Å². The third-order valence-electron chi connectivity index (χ3n) is 2.02. The van der Waals surface area contributed by atoms with E-state index in [1.165, 1.54) is 25.6 Å². The van der Waals surface area contributed by atoms with E-state index in [1.54, 1.807) is 18.0 Å². The monoisotopic (exact) mass is 361 g/mol. The Hall–Kier alpha value is -0.980. The lowest BCUT2D eigenvalue weighted by molar-refractivity contribution is -0.106. The molecule has 0 bridgehead atoms. The van der Waals surface area contributed by atoms with Gasteiger partial charge in [0, 0.05) is 22.5 Å². The summed E-state index contributed by atoms with van der Waals surface area (Å²) >= 11 is 1.55. The summed E-state index contributed by atoms with van der Waals surface area (Å²) in [5.74, 6) is 0.472. The first kappa shape index (κ1) is 27.8. The molecule has 0 saturated carbocycles. The van der Waals surface area contributed by atoms with Crippen LogP contribution in [0.1, 0.15) is 54.9 Å². The van der Waals surface area contributed by atoms with Gasteiger partial charge >= 0.3 is 0 Å². The van der Waals surface area contributed by atoms with Crippen LogP contribution < -0.4 is 10.6 Å². The Balaban J connectivity index is -0.000000368. The van der Waals surface area contributed by atoms with Crippen molar-refractivity contribution in [3.05, 3.63) is 24.3 Å². The molecule has 0 spiro atoms. The normalized spacial score (nSPS) is 9.38. The van der Waals surface area contributed by atoms with Crippen LogP contribution >= 0.6 is 11.8 Å². The minimum atomic E-state index is -0.286. The predicted molar refractivity (Wildman–Crippen MR) is 105 cm³/mol. The second-order valence-corrected chi connectivity index (χ2v) is 6.44. The number of carbonyl (C=O) groups excluding carboxylic acids is 1. The maximum Gasteiger partial charge on any atom is 0.142 e. The molecular formula is C18H36FN3OS. The van der Waals surface area contributed by atoms with Crippen molar-refractivity contribution in [1.82, 2.24) is 15.6 Å². The van der Waals surface area contributed by atoms with Crippen molar-refractivity contribution < 1.29 is 9.18 Å². The molecule has 0 radical (unpaired) electrons. The van der Waals surface area contributed by atoms with E-state index in [0.717, 1.165) is 23.6 Å². The molecule has 1 rings (SSSR count). The summed E-state index contributed by atoms with van der Waals surface area (Å²) in [4.78, 5) is 13.4. The molecule has 0 aliphatic rings. The van der Waals surface area contributed by atoms with Crippen LogP contribution in [-0.2, 0) is 4.79 Å². The quantitative estimate of drug-likeness (QED) is 0.459. The number of nitrogens with one attached hydrogen (secondary N) is 2. The zero-order valence-corrected chi connectivity index (χ0v) is 17.4. The van der Waals surface area contributed by atoms with E-state index in [-0.39, 0.29) is 11.4 Å². The Labute approximate surface area is 152 Å². The molecule has 4 nitrogen and oxygen atoms in total. The molecule has 0 aliphatic heterocycles. The average Bonchev–Trinajstić information content (AvgIpc) is 2.50. The number of pyridine rings is 1. The number of rotatable bonds is 5. The molecule has 0 saturated heterocycles. The van der Waals surface area contributed by atoms with E-state index in [0.29, 0.717) is 0 Å². The van der Waals surface area contributed by atoms with Crippen LogP contribution in [0.5, 0.6) is 0 Å². The first-order valence-electron chi connectivity index (χ1n) is 8.33. The number of aldehydes is 1. The number of nitrogens with zero attached hydrogens (tertiary/aromatic N) is 1. The van der Waals surface area contributed by atoms with E-state index < -0.39 is 0 Å². The highest BCUT2D eigenvalue weighted by molar-refractivity contribution is 7.99. The summed E-state index contributed by atoms with van der Waals surface area (Å²) in [5, 5.41) is 6.32. The fourth-order valence-corrected chi connectivity index (χ4v) is 2.06. The molecule has 6 heteroatoms. The highest BCUT2D eigenvalue weighted by atomic mass is 32.2. The highest BCUT2D eigenvalue weighted by Gasteiger charge is 2.07. The van der Waals surface area contributed by atoms with Gasteiger partial charge in [0.05, 0.1) is 6.20 Å². The lowest BCUT2D eigenvalue weighted by atomic mass is 10.1. The molecule has 1 heterocycles. The largest absolute Gasteiger partial charge is 0.320 e. The Kier molecular flexibility index (Phi) is 23.3. The summed E-state index contributed by atoms with van der Waals surface area (Å²) in [7, 11) is 1.96. The second-order valence-electron chi connectivity index (χ2n) is 5.39. The van der Waals surface area contributed by atoms with Gasteiger partial charge in [0.2, 0.25) is 0 Å². The van der Waals surface area contributed by atoms with Crippen molar-refractivity contribution in [2.24, 2.45) is 0 Å². The van der Waals surface area contributed by atoms with Gasteiger partial charge in [0.1, 0.15) is 12.1 Å². The van der Waals surface area contributed by atoms with Gasteiger partial charge in [-0.2, -0.15) is 0 Å². The zero-order valence-electron chi connectivity index (χ0n) is 16.6. The van der Waals surface area contributed by atoms with Gasteiger partial charge < -0.3 is 15.4 Å². The molecule has 0 aliphatic carbocycles. The molecule has 0 aromatic carbocycles. The van der Waals surface area contributed by atoms with E-state index in [9.17, 15) is 4.39 Å². The van der Waals surface area contributed by atoms with Crippen molar-refractivity contribution in [3.63, 3.8) is 0 Å². The van der Waals surface area contributed by atoms with Crippen LogP contribution in [0.15, 0.2) is 23.4 Å². The average molecular weight is 362 g/mol. The maximum absolute atomic E-state index is 12.7. The molecule has 0 amide bonds. The van der Waals surface area contributed by atoms with Crippen molar-refractivity contribution >= 4 is 18.0 Å². The van der Waals surface area contributed by atoms with Crippen molar-refractivity contribution in [3.8, 4) is 0 Å². The molecule has 2 N–H and O–H groups in total. The smallest absolute Gasteiger partial charge is 0.142 e. The van der Waals surface area contributed by atoms with Gasteiger partial charge in [-0.15, -0.1) is 11.8 Å². The molecule has 0 fully saturated rings. The first-order chi connectivity index (χ1) is 11.3. The van der Waals surface area contributed by atoms with Crippen LogP contribution in [0.4, 0.5) is 4.39 Å². The minimum Gasteiger partial charge on any atom is -0.320 e. The van der Waals surface area contributed by atoms with Gasteiger partial charge in [0.25, 0.3) is 0 Å². The molecule has 142 valence electrons. The second kappa shape index (κ2) is 20.1. The Morgan fingerprint density at radius 2 is 1.83 bits per heavy atom. The topological polar surface area (TPSA) is 54.0 Å². The fraction of sp³-hybridized carbons (Fsp3) is 0.667. The number of hydrogen-bond acceptors (Lipinski definition) is 5. The number of thioether (sulfide) groups is 1. The Bertz CT molecular complexity index is 383. The molecule has 0 atom stereocenters. The Morgan fingerprint density at radius 1 is 1.29 bits per heavy atom. The summed E-state index contributed by atoms with van der Waals surface area (Å²) in [6, 6.07) is 1.49. The van der Waals surface area contributed by atoms with Gasteiger partial charge in [-0.05, 0) is 53.8 Å². The van der Waals surface area contributed by atoms with Gasteiger partial charge in [0.15, 0.2) is 0 Å². The number of aromatic nitrogens is 1. The van der Waals surface area contributed by atoms with E-state index in [1.807, 2.05) is 20.9 Å². The number of carbonyl (C=O) groups is 1. The van der Waals surface area contributed by atoms with Crippen molar-refractivity contribution in [2.75, 3.05) is 19.5 Å². The zero-order chi connectivity index (χ0) is 19.4. The highest BCUT2D eigenvalue weighted by Crippen LogP contribution is 2.16. The van der Waals surface area contributed by atoms with Crippen LogP contribution in [0.3, 0.4) is 0 Å². The van der Waals surface area contributed by atoms with Crippen LogP contribution in [0.2, 0.25) is 0 Å². The summed E-state index contributed by atoms with van der Waals surface area (Å²) in [5.41, 5.74) is 0.0910.